The Labute approximate surface area is 115 Å². The molecule has 0 unspecified atom stereocenters. The Morgan fingerprint density at radius 1 is 1.30 bits per heavy atom. The Balaban J connectivity index is 1.80. The molecule has 2 heterocycles. The van der Waals surface area contributed by atoms with E-state index in [9.17, 15) is 4.79 Å². The van der Waals surface area contributed by atoms with E-state index in [4.69, 9.17) is 4.42 Å². The lowest BCUT2D eigenvalue weighted by Crippen LogP contribution is -2.20. The number of para-hydroxylation sites is 1. The summed E-state index contributed by atoms with van der Waals surface area (Å²) in [5.74, 6) is 0.328. The van der Waals surface area contributed by atoms with E-state index >= 15 is 0 Å². The maximum Gasteiger partial charge on any atom is 0.287 e. The van der Waals surface area contributed by atoms with E-state index in [1.54, 1.807) is 18.4 Å². The van der Waals surface area contributed by atoms with Crippen LogP contribution in [0, 0.1) is 0 Å². The number of aromatic nitrogens is 1. The Morgan fingerprint density at radius 2 is 2.15 bits per heavy atom. The molecule has 0 aliphatic carbocycles. The van der Waals surface area contributed by atoms with Crippen molar-refractivity contribution in [2.75, 3.05) is 0 Å². The number of rotatable bonds is 3. The minimum absolute atomic E-state index is 0.258. The number of nitrogens with zero attached hydrogens (tertiary/aromatic N) is 2. The Bertz CT molecular complexity index is 770. The van der Waals surface area contributed by atoms with E-state index < -0.39 is 0 Å². The third kappa shape index (κ3) is 2.21. The smallest absolute Gasteiger partial charge is 0.287 e. The van der Waals surface area contributed by atoms with Crippen molar-refractivity contribution in [1.29, 1.82) is 0 Å². The van der Waals surface area contributed by atoms with Gasteiger partial charge in [0.1, 0.15) is 11.5 Å². The number of hydrogen-bond donors (Lipinski definition) is 1. The van der Waals surface area contributed by atoms with Gasteiger partial charge >= 0.3 is 0 Å². The van der Waals surface area contributed by atoms with Gasteiger partial charge in [0, 0.05) is 18.0 Å². The summed E-state index contributed by atoms with van der Waals surface area (Å²) in [6.07, 6.45) is 3.01. The molecular weight excluding hydrogens is 254 g/mol. The molecular formula is C15H13N3O2. The van der Waals surface area contributed by atoms with Crippen LogP contribution in [0.5, 0.6) is 0 Å². The van der Waals surface area contributed by atoms with Gasteiger partial charge in [0.15, 0.2) is 0 Å². The van der Waals surface area contributed by atoms with Gasteiger partial charge in [-0.1, -0.05) is 18.2 Å². The second kappa shape index (κ2) is 5.05. The van der Waals surface area contributed by atoms with Crippen molar-refractivity contribution in [3.8, 4) is 0 Å². The molecule has 1 amide bonds. The van der Waals surface area contributed by atoms with E-state index in [1.165, 1.54) is 6.21 Å². The van der Waals surface area contributed by atoms with Gasteiger partial charge in [0.2, 0.25) is 0 Å². The first kappa shape index (κ1) is 12.2. The quantitative estimate of drug-likeness (QED) is 0.585. The van der Waals surface area contributed by atoms with Gasteiger partial charge in [-0.2, -0.15) is 5.10 Å². The number of furan rings is 1. The molecule has 100 valence electrons. The standard InChI is InChI=1S/C15H13N3O2/c1-18-13-7-3-2-5-11(13)9-14(18)15(19)17-16-10-12-6-4-8-20-12/h2-10H,1H3,(H,17,19)/b16-10+. The lowest BCUT2D eigenvalue weighted by atomic mass is 10.2. The fourth-order valence-electron chi connectivity index (χ4n) is 2.08. The molecule has 0 spiro atoms. The van der Waals surface area contributed by atoms with Gasteiger partial charge in [-0.05, 0) is 24.3 Å². The lowest BCUT2D eigenvalue weighted by Gasteiger charge is -2.02. The number of fused-ring (bicyclic) bond motifs is 1. The summed E-state index contributed by atoms with van der Waals surface area (Å²) in [5, 5.41) is 4.89. The average molecular weight is 267 g/mol. The van der Waals surface area contributed by atoms with Crippen molar-refractivity contribution in [2.24, 2.45) is 12.1 Å². The van der Waals surface area contributed by atoms with Crippen LogP contribution >= 0.6 is 0 Å². The molecule has 0 aliphatic heterocycles. The molecule has 5 nitrogen and oxygen atoms in total. The number of benzene rings is 1. The summed E-state index contributed by atoms with van der Waals surface area (Å²) in [7, 11) is 1.85. The highest BCUT2D eigenvalue weighted by Gasteiger charge is 2.12. The summed E-state index contributed by atoms with van der Waals surface area (Å²) in [6, 6.07) is 13.2. The number of amides is 1. The van der Waals surface area contributed by atoms with Crippen LogP contribution in [0.3, 0.4) is 0 Å². The van der Waals surface area contributed by atoms with Gasteiger partial charge in [-0.15, -0.1) is 0 Å². The van der Waals surface area contributed by atoms with E-state index in [2.05, 4.69) is 10.5 Å². The Morgan fingerprint density at radius 3 is 2.90 bits per heavy atom. The maximum atomic E-state index is 12.1. The van der Waals surface area contributed by atoms with E-state index in [0.717, 1.165) is 10.9 Å². The summed E-state index contributed by atoms with van der Waals surface area (Å²) in [5.41, 5.74) is 4.05. The van der Waals surface area contributed by atoms with Crippen molar-refractivity contribution in [3.63, 3.8) is 0 Å². The Kier molecular flexibility index (Phi) is 3.09. The highest BCUT2D eigenvalue weighted by molar-refractivity contribution is 5.98. The van der Waals surface area contributed by atoms with Crippen LogP contribution in [0.1, 0.15) is 16.2 Å². The summed E-state index contributed by atoms with van der Waals surface area (Å²) < 4.78 is 6.93. The van der Waals surface area contributed by atoms with Crippen molar-refractivity contribution >= 4 is 23.0 Å². The molecule has 1 aromatic carbocycles. The average Bonchev–Trinajstić information content (AvgIpc) is 3.08. The van der Waals surface area contributed by atoms with E-state index in [0.29, 0.717) is 11.5 Å². The van der Waals surface area contributed by atoms with Crippen molar-refractivity contribution in [1.82, 2.24) is 9.99 Å². The molecule has 1 N–H and O–H groups in total. The maximum absolute atomic E-state index is 12.1. The van der Waals surface area contributed by atoms with Gasteiger partial charge < -0.3 is 8.98 Å². The summed E-state index contributed by atoms with van der Waals surface area (Å²) in [6.45, 7) is 0. The van der Waals surface area contributed by atoms with Crippen LogP contribution in [0.4, 0.5) is 0 Å². The predicted molar refractivity (Wildman–Crippen MR) is 76.7 cm³/mol. The minimum Gasteiger partial charge on any atom is -0.463 e. The van der Waals surface area contributed by atoms with Crippen LogP contribution in [0.25, 0.3) is 10.9 Å². The molecule has 0 fully saturated rings. The molecule has 2 aromatic heterocycles. The number of nitrogens with one attached hydrogen (secondary N) is 1. The second-order valence-corrected chi connectivity index (χ2v) is 4.36. The van der Waals surface area contributed by atoms with Crippen LogP contribution in [-0.2, 0) is 7.05 Å². The molecule has 0 aliphatic rings. The van der Waals surface area contributed by atoms with Crippen LogP contribution in [0.2, 0.25) is 0 Å². The molecule has 0 bridgehead atoms. The predicted octanol–water partition coefficient (Wildman–Crippen LogP) is 2.54. The van der Waals surface area contributed by atoms with Crippen LogP contribution < -0.4 is 5.43 Å². The van der Waals surface area contributed by atoms with Gasteiger partial charge in [0.25, 0.3) is 5.91 Å². The highest BCUT2D eigenvalue weighted by atomic mass is 16.3. The zero-order valence-corrected chi connectivity index (χ0v) is 10.9. The zero-order chi connectivity index (χ0) is 13.9. The van der Waals surface area contributed by atoms with Crippen molar-refractivity contribution < 1.29 is 9.21 Å². The highest BCUT2D eigenvalue weighted by Crippen LogP contribution is 2.17. The molecule has 3 rings (SSSR count). The minimum atomic E-state index is -0.258. The lowest BCUT2D eigenvalue weighted by molar-refractivity contribution is 0.0947. The number of hydrazone groups is 1. The van der Waals surface area contributed by atoms with Crippen LogP contribution in [-0.4, -0.2) is 16.7 Å². The SMILES string of the molecule is Cn1c(C(=O)N/N=C/c2ccco2)cc2ccccc21. The first-order chi connectivity index (χ1) is 9.75. The third-order valence-electron chi connectivity index (χ3n) is 3.09. The largest absolute Gasteiger partial charge is 0.463 e. The number of aryl methyl sites for hydroxylation is 1. The fraction of sp³-hybridized carbons (Fsp3) is 0.0667. The molecule has 5 heteroatoms. The molecule has 0 radical (unpaired) electrons. The molecule has 3 aromatic rings. The van der Waals surface area contributed by atoms with E-state index in [1.807, 2.05) is 41.9 Å². The van der Waals surface area contributed by atoms with E-state index in [-0.39, 0.29) is 5.91 Å². The molecule has 20 heavy (non-hydrogen) atoms. The zero-order valence-electron chi connectivity index (χ0n) is 10.9. The monoisotopic (exact) mass is 267 g/mol. The van der Waals surface area contributed by atoms with Crippen molar-refractivity contribution in [3.05, 3.63) is 60.2 Å². The molecule has 0 saturated heterocycles. The first-order valence-electron chi connectivity index (χ1n) is 6.17. The fourth-order valence-corrected chi connectivity index (χ4v) is 2.08. The topological polar surface area (TPSA) is 59.5 Å². The number of hydrogen-bond acceptors (Lipinski definition) is 3. The number of carbonyl (C=O) groups is 1. The number of carbonyl (C=O) groups excluding carboxylic acids is 1. The van der Waals surface area contributed by atoms with Gasteiger partial charge in [-0.25, -0.2) is 5.43 Å². The van der Waals surface area contributed by atoms with Gasteiger partial charge in [-0.3, -0.25) is 4.79 Å². The van der Waals surface area contributed by atoms with Crippen LogP contribution in [0.15, 0.2) is 58.2 Å². The first-order valence-corrected chi connectivity index (χ1v) is 6.17. The molecule has 0 saturated carbocycles. The second-order valence-electron chi connectivity index (χ2n) is 4.36. The van der Waals surface area contributed by atoms with Crippen molar-refractivity contribution in [2.45, 2.75) is 0 Å². The Hall–Kier alpha value is -2.82. The normalized spacial score (nSPS) is 11.2. The third-order valence-corrected chi connectivity index (χ3v) is 3.09. The van der Waals surface area contributed by atoms with Gasteiger partial charge in [0.05, 0.1) is 12.5 Å². The summed E-state index contributed by atoms with van der Waals surface area (Å²) in [4.78, 5) is 12.1. The molecule has 0 atom stereocenters. The summed E-state index contributed by atoms with van der Waals surface area (Å²) >= 11 is 0.